The van der Waals surface area contributed by atoms with Gasteiger partial charge in [0.15, 0.2) is 0 Å². The van der Waals surface area contributed by atoms with Crippen molar-refractivity contribution >= 4 is 52.8 Å². The van der Waals surface area contributed by atoms with Crippen LogP contribution in [0.15, 0.2) is 60.8 Å². The third-order valence-corrected chi connectivity index (χ3v) is 5.54. The summed E-state index contributed by atoms with van der Waals surface area (Å²) >= 11 is 12.1. The van der Waals surface area contributed by atoms with Crippen LogP contribution in [0.5, 0.6) is 0 Å². The molecule has 2 aromatic carbocycles. The maximum absolute atomic E-state index is 12.5. The van der Waals surface area contributed by atoms with E-state index in [-0.39, 0.29) is 53.0 Å². The van der Waals surface area contributed by atoms with Gasteiger partial charge in [-0.2, -0.15) is 0 Å². The predicted molar refractivity (Wildman–Crippen MR) is 136 cm³/mol. The quantitative estimate of drug-likeness (QED) is 0.373. The number of halogens is 2. The van der Waals surface area contributed by atoms with Crippen LogP contribution in [0.3, 0.4) is 0 Å². The smallest absolute Gasteiger partial charge is 1.00 e. The van der Waals surface area contributed by atoms with E-state index in [4.69, 9.17) is 23.2 Å². The molecule has 0 saturated heterocycles. The summed E-state index contributed by atoms with van der Waals surface area (Å²) < 4.78 is 0. The number of aromatic nitrogens is 2. The minimum atomic E-state index is -1.16. The third-order valence-electron chi connectivity index (χ3n) is 4.91. The molecule has 10 heteroatoms. The molecule has 0 spiro atoms. The number of carboxylic acid groups (broad SMARTS) is 1. The summed E-state index contributed by atoms with van der Waals surface area (Å²) in [6.07, 6.45) is 5.27. The van der Waals surface area contributed by atoms with E-state index in [0.717, 1.165) is 16.9 Å². The van der Waals surface area contributed by atoms with Gasteiger partial charge in [0.2, 0.25) is 5.95 Å². The number of benzene rings is 2. The standard InChI is InChI=1S/C25H24Cl2N4O3.Na.H/c1-15(2)20-13-14-28-25(31-20)29-17-11-9-16(10-12-17)5-3-8-21(24(33)34)30-23(32)22-18(26)6-4-7-19(22)27;;/h3-7,9-15,21H,8H2,1-2H3,(H,30,32)(H,33,34)(H,28,29,31);;/q;+1;-1. The maximum Gasteiger partial charge on any atom is 1.00 e. The largest absolute Gasteiger partial charge is 1.00 e. The van der Waals surface area contributed by atoms with Crippen LogP contribution in [0.4, 0.5) is 11.6 Å². The van der Waals surface area contributed by atoms with Crippen molar-refractivity contribution in [2.75, 3.05) is 5.32 Å². The molecule has 35 heavy (non-hydrogen) atoms. The molecule has 0 bridgehead atoms. The number of hydrogen-bond acceptors (Lipinski definition) is 5. The Balaban J connectivity index is 0.00000324. The average Bonchev–Trinajstić information content (AvgIpc) is 2.79. The summed E-state index contributed by atoms with van der Waals surface area (Å²) in [4.78, 5) is 32.9. The molecule has 1 unspecified atom stereocenters. The van der Waals surface area contributed by atoms with Crippen LogP contribution in [0, 0.1) is 0 Å². The molecule has 0 aliphatic rings. The van der Waals surface area contributed by atoms with Gasteiger partial charge in [-0.3, -0.25) is 4.79 Å². The van der Waals surface area contributed by atoms with Gasteiger partial charge in [0.25, 0.3) is 5.91 Å². The molecule has 3 N–H and O–H groups in total. The van der Waals surface area contributed by atoms with Crippen molar-refractivity contribution in [2.45, 2.75) is 32.2 Å². The van der Waals surface area contributed by atoms with Gasteiger partial charge in [-0.15, -0.1) is 0 Å². The Kier molecular flexibility index (Phi) is 11.2. The van der Waals surface area contributed by atoms with Gasteiger partial charge in [-0.25, -0.2) is 14.8 Å². The van der Waals surface area contributed by atoms with Crippen LogP contribution in [0.25, 0.3) is 6.08 Å². The van der Waals surface area contributed by atoms with Crippen LogP contribution in [-0.2, 0) is 4.79 Å². The number of carboxylic acids is 1. The van der Waals surface area contributed by atoms with Gasteiger partial charge < -0.3 is 17.2 Å². The Labute approximate surface area is 237 Å². The van der Waals surface area contributed by atoms with Crippen molar-refractivity contribution in [1.82, 2.24) is 15.3 Å². The van der Waals surface area contributed by atoms with Crippen LogP contribution in [-0.4, -0.2) is 33.0 Å². The monoisotopic (exact) mass is 522 g/mol. The average molecular weight is 523 g/mol. The molecule has 1 amide bonds. The summed E-state index contributed by atoms with van der Waals surface area (Å²) in [5.74, 6) is -0.981. The van der Waals surface area contributed by atoms with E-state index in [1.165, 1.54) is 12.1 Å². The van der Waals surface area contributed by atoms with Crippen molar-refractivity contribution < 1.29 is 45.7 Å². The number of nitrogens with one attached hydrogen (secondary N) is 2. The molecular weight excluding hydrogens is 498 g/mol. The van der Waals surface area contributed by atoms with E-state index < -0.39 is 17.9 Å². The van der Waals surface area contributed by atoms with Gasteiger partial charge >= 0.3 is 35.5 Å². The molecule has 0 radical (unpaired) electrons. The van der Waals surface area contributed by atoms with E-state index in [1.807, 2.05) is 30.3 Å². The van der Waals surface area contributed by atoms with Crippen LogP contribution in [0.2, 0.25) is 10.0 Å². The summed E-state index contributed by atoms with van der Waals surface area (Å²) in [6.45, 7) is 4.14. The van der Waals surface area contributed by atoms with E-state index in [2.05, 4.69) is 34.4 Å². The summed E-state index contributed by atoms with van der Waals surface area (Å²) in [5.41, 5.74) is 2.69. The number of amides is 1. The second kappa shape index (κ2) is 13.6. The molecule has 3 rings (SSSR count). The molecule has 1 heterocycles. The first kappa shape index (κ1) is 28.8. The number of anilines is 2. The van der Waals surface area contributed by atoms with E-state index in [1.54, 1.807) is 24.4 Å². The van der Waals surface area contributed by atoms with Crippen molar-refractivity contribution in [3.05, 3.63) is 87.7 Å². The SMILES string of the molecule is CC(C)c1ccnc(Nc2ccc(C=CCC(NC(=O)c3c(Cl)cccc3Cl)C(=O)O)cc2)n1.[H-].[Na+]. The predicted octanol–water partition coefficient (Wildman–Crippen LogP) is 3.05. The maximum atomic E-state index is 12.5. The van der Waals surface area contributed by atoms with Crippen molar-refractivity contribution in [2.24, 2.45) is 0 Å². The minimum Gasteiger partial charge on any atom is -1.00 e. The molecule has 0 fully saturated rings. The normalized spacial score (nSPS) is 11.7. The molecule has 178 valence electrons. The zero-order valence-corrected chi connectivity index (χ0v) is 23.1. The zero-order valence-electron chi connectivity index (χ0n) is 20.6. The molecule has 0 aliphatic carbocycles. The second-order valence-electron chi connectivity index (χ2n) is 7.81. The van der Waals surface area contributed by atoms with Gasteiger partial charge in [0.1, 0.15) is 6.04 Å². The number of hydrogen-bond donors (Lipinski definition) is 3. The van der Waals surface area contributed by atoms with Crippen molar-refractivity contribution in [1.29, 1.82) is 0 Å². The third kappa shape index (κ3) is 8.33. The fourth-order valence-electron chi connectivity index (χ4n) is 3.07. The summed E-state index contributed by atoms with van der Waals surface area (Å²) in [5, 5.41) is 15.4. The topological polar surface area (TPSA) is 104 Å². The number of carbonyl (C=O) groups excluding carboxylic acids is 1. The molecule has 1 aromatic heterocycles. The van der Waals surface area contributed by atoms with Crippen molar-refractivity contribution in [3.8, 4) is 0 Å². The van der Waals surface area contributed by atoms with Gasteiger partial charge in [-0.05, 0) is 48.2 Å². The molecule has 0 aliphatic heterocycles. The Morgan fingerprint density at radius 3 is 2.34 bits per heavy atom. The number of nitrogens with zero attached hydrogens (tertiary/aromatic N) is 2. The van der Waals surface area contributed by atoms with Gasteiger partial charge in [0.05, 0.1) is 15.6 Å². The van der Waals surface area contributed by atoms with Crippen LogP contribution in [0.1, 0.15) is 49.2 Å². The number of carbonyl (C=O) groups is 2. The Hall–Kier alpha value is -2.42. The molecule has 0 saturated carbocycles. The van der Waals surface area contributed by atoms with Crippen molar-refractivity contribution in [3.63, 3.8) is 0 Å². The second-order valence-corrected chi connectivity index (χ2v) is 8.62. The molecule has 1 atom stereocenters. The van der Waals surface area contributed by atoms with Crippen LogP contribution >= 0.6 is 23.2 Å². The first-order chi connectivity index (χ1) is 16.2. The fraction of sp³-hybridized carbons (Fsp3) is 0.200. The molecule has 7 nitrogen and oxygen atoms in total. The molecular formula is C25H25Cl2N4NaO3. The molecule has 3 aromatic rings. The Morgan fingerprint density at radius 2 is 1.74 bits per heavy atom. The number of rotatable bonds is 9. The first-order valence-electron chi connectivity index (χ1n) is 10.6. The minimum absolute atomic E-state index is 0. The van der Waals surface area contributed by atoms with Gasteiger partial charge in [-0.1, -0.05) is 67.4 Å². The van der Waals surface area contributed by atoms with E-state index in [0.29, 0.717) is 11.9 Å². The zero-order chi connectivity index (χ0) is 24.7. The van der Waals surface area contributed by atoms with E-state index in [9.17, 15) is 14.7 Å². The summed E-state index contributed by atoms with van der Waals surface area (Å²) in [7, 11) is 0. The van der Waals surface area contributed by atoms with E-state index >= 15 is 0 Å². The Bertz CT molecular complexity index is 1190. The number of aliphatic carboxylic acids is 1. The fourth-order valence-corrected chi connectivity index (χ4v) is 3.64. The van der Waals surface area contributed by atoms with Gasteiger partial charge in [0, 0.05) is 17.6 Å². The summed E-state index contributed by atoms with van der Waals surface area (Å²) in [6, 6.07) is 12.9. The first-order valence-corrected chi connectivity index (χ1v) is 11.3. The Morgan fingerprint density at radius 1 is 1.09 bits per heavy atom. The van der Waals surface area contributed by atoms with Crippen LogP contribution < -0.4 is 40.2 Å².